The molecule has 5 heteroatoms. The number of allylic oxidation sites excluding steroid dienone is 4. The Labute approximate surface area is 186 Å². The molecular weight excluding hydrogens is 382 g/mol. The van der Waals surface area contributed by atoms with Gasteiger partial charge in [-0.1, -0.05) is 32.9 Å². The molecule has 0 saturated heterocycles. The summed E-state index contributed by atoms with van der Waals surface area (Å²) in [5.74, 6) is 2.10. The zero-order chi connectivity index (χ0) is 22.1. The maximum absolute atomic E-state index is 10.00. The molecule has 2 aliphatic rings. The van der Waals surface area contributed by atoms with Gasteiger partial charge in [0.25, 0.3) is 0 Å². The second kappa shape index (κ2) is 8.88. The third-order valence-corrected chi connectivity index (χ3v) is 7.20. The van der Waals surface area contributed by atoms with E-state index in [0.29, 0.717) is 23.5 Å². The van der Waals surface area contributed by atoms with Gasteiger partial charge in [-0.15, -0.1) is 0 Å². The normalized spacial score (nSPS) is 24.5. The average molecular weight is 418 g/mol. The smallest absolute Gasteiger partial charge is 0.152 e. The predicted molar refractivity (Wildman–Crippen MR) is 127 cm³/mol. The summed E-state index contributed by atoms with van der Waals surface area (Å²) in [5, 5.41) is 13.5. The van der Waals surface area contributed by atoms with Crippen LogP contribution < -0.4 is 5.32 Å². The number of para-hydroxylation sites is 2. The van der Waals surface area contributed by atoms with Gasteiger partial charge < -0.3 is 14.8 Å². The molecule has 31 heavy (non-hydrogen) atoms. The first kappa shape index (κ1) is 21.6. The molecule has 1 N–H and O–H groups in total. The highest BCUT2D eigenvalue weighted by Crippen LogP contribution is 2.44. The fraction of sp³-hybridized carbons (Fsp3) is 0.538. The van der Waals surface area contributed by atoms with E-state index in [1.54, 1.807) is 0 Å². The quantitative estimate of drug-likeness (QED) is 0.732. The number of fused-ring (bicyclic) bond motifs is 5. The van der Waals surface area contributed by atoms with Gasteiger partial charge in [-0.2, -0.15) is 5.26 Å². The largest absolute Gasteiger partial charge is 0.376 e. The fourth-order valence-corrected chi connectivity index (χ4v) is 5.29. The molecule has 4 rings (SSSR count). The van der Waals surface area contributed by atoms with Gasteiger partial charge in [0.15, 0.2) is 5.82 Å². The standard InChI is InChI=1S/C26H35N5/c1-6-28-19(4)16-30(5)25-13-18(3)17(2)11-12-23-21(25)14-20(15-27)26-29-22-9-7-8-10-24(22)31(23)26/h7-10,14,17-19,23,28H,6,11-13,16H2,1-5H3. The number of aromatic nitrogens is 2. The van der Waals surface area contributed by atoms with Crippen molar-refractivity contribution in [1.82, 2.24) is 19.8 Å². The molecule has 1 aromatic heterocycles. The van der Waals surface area contributed by atoms with E-state index in [1.807, 2.05) is 6.07 Å². The summed E-state index contributed by atoms with van der Waals surface area (Å²) in [6.07, 6.45) is 5.43. The Kier molecular flexibility index (Phi) is 6.20. The van der Waals surface area contributed by atoms with Crippen molar-refractivity contribution in [3.63, 3.8) is 0 Å². The summed E-state index contributed by atoms with van der Waals surface area (Å²) in [6.45, 7) is 11.1. The Balaban J connectivity index is 1.89. The van der Waals surface area contributed by atoms with Crippen molar-refractivity contribution >= 4 is 16.6 Å². The van der Waals surface area contributed by atoms with Crippen molar-refractivity contribution in [2.45, 2.75) is 59.0 Å². The van der Waals surface area contributed by atoms with Crippen molar-refractivity contribution in [3.05, 3.63) is 47.4 Å². The molecular formula is C26H35N5. The summed E-state index contributed by atoms with van der Waals surface area (Å²) in [6, 6.07) is 11.4. The van der Waals surface area contributed by atoms with Crippen LogP contribution in [0.15, 0.2) is 41.6 Å². The third kappa shape index (κ3) is 4.02. The number of nitriles is 1. The highest BCUT2D eigenvalue weighted by molar-refractivity contribution is 5.86. The number of hydrogen-bond donors (Lipinski definition) is 1. The third-order valence-electron chi connectivity index (χ3n) is 7.20. The minimum atomic E-state index is 0.223. The van der Waals surface area contributed by atoms with Gasteiger partial charge >= 0.3 is 0 Å². The molecule has 0 bridgehead atoms. The van der Waals surface area contributed by atoms with Crippen LogP contribution in [0.25, 0.3) is 16.6 Å². The molecule has 2 aromatic rings. The number of benzene rings is 1. The second-order valence-corrected chi connectivity index (χ2v) is 9.46. The highest BCUT2D eigenvalue weighted by atomic mass is 15.2. The van der Waals surface area contributed by atoms with Crippen LogP contribution in [0.4, 0.5) is 0 Å². The number of imidazole rings is 1. The molecule has 1 aliphatic heterocycles. The van der Waals surface area contributed by atoms with Crippen LogP contribution in [0.1, 0.15) is 58.8 Å². The zero-order valence-electron chi connectivity index (χ0n) is 19.5. The van der Waals surface area contributed by atoms with Gasteiger partial charge in [0.1, 0.15) is 6.07 Å². The second-order valence-electron chi connectivity index (χ2n) is 9.46. The van der Waals surface area contributed by atoms with Gasteiger partial charge in [0.2, 0.25) is 0 Å². The molecule has 4 atom stereocenters. The lowest BCUT2D eigenvalue weighted by Crippen LogP contribution is -2.38. The van der Waals surface area contributed by atoms with Gasteiger partial charge in [-0.3, -0.25) is 0 Å². The van der Waals surface area contributed by atoms with Crippen LogP contribution >= 0.6 is 0 Å². The van der Waals surface area contributed by atoms with Gasteiger partial charge in [0.05, 0.1) is 22.6 Å². The van der Waals surface area contributed by atoms with Crippen LogP contribution in [-0.2, 0) is 0 Å². The minimum absolute atomic E-state index is 0.223. The van der Waals surface area contributed by atoms with E-state index in [0.717, 1.165) is 42.8 Å². The van der Waals surface area contributed by atoms with Gasteiger partial charge in [-0.05, 0) is 68.3 Å². The van der Waals surface area contributed by atoms with Crippen molar-refractivity contribution < 1.29 is 0 Å². The van der Waals surface area contributed by atoms with Crippen LogP contribution in [0.3, 0.4) is 0 Å². The number of nitrogens with zero attached hydrogens (tertiary/aromatic N) is 4. The Morgan fingerprint density at radius 2 is 2.03 bits per heavy atom. The number of hydrogen-bond acceptors (Lipinski definition) is 4. The maximum Gasteiger partial charge on any atom is 0.152 e. The number of nitrogens with one attached hydrogen (secondary N) is 1. The van der Waals surface area contributed by atoms with Crippen LogP contribution in [0.2, 0.25) is 0 Å². The Morgan fingerprint density at radius 1 is 1.26 bits per heavy atom. The lowest BCUT2D eigenvalue weighted by atomic mass is 9.79. The molecule has 1 aliphatic carbocycles. The molecule has 164 valence electrons. The Hall–Kier alpha value is -2.58. The van der Waals surface area contributed by atoms with Crippen LogP contribution in [-0.4, -0.2) is 40.6 Å². The molecule has 0 saturated carbocycles. The minimum Gasteiger partial charge on any atom is -0.376 e. The zero-order valence-corrected chi connectivity index (χ0v) is 19.5. The van der Waals surface area contributed by atoms with Crippen molar-refractivity contribution in [2.75, 3.05) is 20.1 Å². The van der Waals surface area contributed by atoms with E-state index in [2.05, 4.69) is 79.9 Å². The molecule has 0 amide bonds. The molecule has 0 spiro atoms. The van der Waals surface area contributed by atoms with Crippen LogP contribution in [0.5, 0.6) is 0 Å². The Morgan fingerprint density at radius 3 is 2.77 bits per heavy atom. The van der Waals surface area contributed by atoms with Crippen molar-refractivity contribution in [1.29, 1.82) is 5.26 Å². The first-order chi connectivity index (χ1) is 14.9. The lowest BCUT2D eigenvalue weighted by molar-refractivity contribution is 0.271. The van der Waals surface area contributed by atoms with Crippen molar-refractivity contribution in [3.8, 4) is 6.07 Å². The maximum atomic E-state index is 10.00. The first-order valence-electron chi connectivity index (χ1n) is 11.7. The van der Waals surface area contributed by atoms with Crippen molar-refractivity contribution in [2.24, 2.45) is 11.8 Å². The fourth-order valence-electron chi connectivity index (χ4n) is 5.29. The molecule has 5 nitrogen and oxygen atoms in total. The van der Waals surface area contributed by atoms with E-state index in [1.165, 1.54) is 17.7 Å². The predicted octanol–water partition coefficient (Wildman–Crippen LogP) is 5.14. The Bertz CT molecular complexity index is 1050. The van der Waals surface area contributed by atoms with E-state index >= 15 is 0 Å². The lowest BCUT2D eigenvalue weighted by Gasteiger charge is -2.38. The number of likely N-dealkylation sites (N-methyl/N-ethyl adjacent to an activating group) is 2. The number of rotatable bonds is 5. The van der Waals surface area contributed by atoms with E-state index in [-0.39, 0.29) is 6.04 Å². The topological polar surface area (TPSA) is 56.9 Å². The summed E-state index contributed by atoms with van der Waals surface area (Å²) in [5.41, 5.74) is 5.46. The summed E-state index contributed by atoms with van der Waals surface area (Å²) in [7, 11) is 2.22. The van der Waals surface area contributed by atoms with Gasteiger partial charge in [-0.25, -0.2) is 4.98 Å². The average Bonchev–Trinajstić information content (AvgIpc) is 3.14. The highest BCUT2D eigenvalue weighted by Gasteiger charge is 2.34. The van der Waals surface area contributed by atoms with Crippen LogP contribution in [0, 0.1) is 23.2 Å². The first-order valence-corrected chi connectivity index (χ1v) is 11.7. The molecule has 4 unspecified atom stereocenters. The molecule has 1 aromatic carbocycles. The molecule has 0 radical (unpaired) electrons. The van der Waals surface area contributed by atoms with Gasteiger partial charge in [0, 0.05) is 25.3 Å². The summed E-state index contributed by atoms with van der Waals surface area (Å²) >= 11 is 0. The summed E-state index contributed by atoms with van der Waals surface area (Å²) in [4.78, 5) is 7.28. The monoisotopic (exact) mass is 417 g/mol. The van der Waals surface area contributed by atoms with E-state index in [9.17, 15) is 5.26 Å². The SMILES string of the molecule is CCNC(C)CN(C)C1=C2C=C(C#N)c3nc4ccccc4n3C2CCC(C)C(C)C1. The molecule has 2 heterocycles. The molecule has 0 fully saturated rings. The summed E-state index contributed by atoms with van der Waals surface area (Å²) < 4.78 is 2.34. The van der Waals surface area contributed by atoms with E-state index in [4.69, 9.17) is 4.98 Å². The van der Waals surface area contributed by atoms with E-state index < -0.39 is 0 Å².